The molecule has 0 saturated carbocycles. The van der Waals surface area contributed by atoms with E-state index in [1.54, 1.807) is 11.3 Å². The van der Waals surface area contributed by atoms with Crippen LogP contribution < -0.4 is 5.73 Å². The van der Waals surface area contributed by atoms with Gasteiger partial charge in [0.2, 0.25) is 0 Å². The van der Waals surface area contributed by atoms with Gasteiger partial charge in [-0.05, 0) is 17.5 Å². The molecule has 0 fully saturated rings. The van der Waals surface area contributed by atoms with Crippen molar-refractivity contribution in [3.8, 4) is 0 Å². The molecule has 0 saturated heterocycles. The van der Waals surface area contributed by atoms with Crippen molar-refractivity contribution < 1.29 is 0 Å². The highest BCUT2D eigenvalue weighted by Crippen LogP contribution is 2.34. The van der Waals surface area contributed by atoms with Crippen molar-refractivity contribution in [3.05, 3.63) is 29.3 Å². The lowest BCUT2D eigenvalue weighted by atomic mass is 9.98. The van der Waals surface area contributed by atoms with Gasteiger partial charge in [-0.3, -0.25) is 0 Å². The number of aromatic nitrogens is 2. The van der Waals surface area contributed by atoms with Crippen molar-refractivity contribution in [1.29, 1.82) is 0 Å². The summed E-state index contributed by atoms with van der Waals surface area (Å²) in [5.41, 5.74) is 10.9. The number of benzene rings is 1. The van der Waals surface area contributed by atoms with Gasteiger partial charge in [0.1, 0.15) is 5.52 Å². The summed E-state index contributed by atoms with van der Waals surface area (Å²) >= 11 is 1.63. The van der Waals surface area contributed by atoms with Gasteiger partial charge in [-0.15, -0.1) is 11.3 Å². The minimum atomic E-state index is 0.467. The third kappa shape index (κ3) is 1.48. The molecule has 3 rings (SSSR count). The predicted octanol–water partition coefficient (Wildman–Crippen LogP) is 3.55. The van der Waals surface area contributed by atoms with Gasteiger partial charge in [0.05, 0.1) is 15.7 Å². The molecule has 86 valence electrons. The van der Waals surface area contributed by atoms with Crippen LogP contribution in [-0.4, -0.2) is 9.97 Å². The number of hydrogen-bond acceptors (Lipinski definition) is 4. The Bertz CT molecular complexity index is 700. The normalized spacial score (nSPS) is 11.7. The maximum atomic E-state index is 5.93. The Hall–Kier alpha value is -1.68. The number of hydrogen-bond donors (Lipinski definition) is 1. The van der Waals surface area contributed by atoms with Crippen LogP contribution in [-0.2, 0) is 0 Å². The standard InChI is InChI=1S/C13H13N3S/c1-7(2)8-4-3-5-9-10(8)12-11(13(14)16-9)15-6-17-12/h3-7H,1-2H3,(H2,14,16). The van der Waals surface area contributed by atoms with E-state index in [0.29, 0.717) is 11.7 Å². The molecular formula is C13H13N3S. The second-order valence-electron chi connectivity index (χ2n) is 4.42. The SMILES string of the molecule is CC(C)c1cccc2nc(N)c3ncsc3c12. The van der Waals surface area contributed by atoms with E-state index in [1.165, 1.54) is 10.9 Å². The zero-order valence-corrected chi connectivity index (χ0v) is 10.6. The van der Waals surface area contributed by atoms with Crippen LogP contribution in [0.4, 0.5) is 5.82 Å². The second kappa shape index (κ2) is 3.67. The van der Waals surface area contributed by atoms with E-state index in [9.17, 15) is 0 Å². The third-order valence-corrected chi connectivity index (χ3v) is 3.82. The Morgan fingerprint density at radius 3 is 2.88 bits per heavy atom. The number of rotatable bonds is 1. The van der Waals surface area contributed by atoms with Gasteiger partial charge in [0.25, 0.3) is 0 Å². The molecule has 1 aromatic carbocycles. The van der Waals surface area contributed by atoms with E-state index in [4.69, 9.17) is 5.73 Å². The molecule has 0 bridgehead atoms. The maximum absolute atomic E-state index is 5.93. The quantitative estimate of drug-likeness (QED) is 0.711. The third-order valence-electron chi connectivity index (χ3n) is 2.97. The van der Waals surface area contributed by atoms with Crippen molar-refractivity contribution in [3.63, 3.8) is 0 Å². The number of thiazole rings is 1. The lowest BCUT2D eigenvalue weighted by Gasteiger charge is -2.10. The summed E-state index contributed by atoms with van der Waals surface area (Å²) in [6.45, 7) is 4.38. The van der Waals surface area contributed by atoms with Crippen molar-refractivity contribution in [2.24, 2.45) is 0 Å². The van der Waals surface area contributed by atoms with E-state index in [2.05, 4.69) is 29.9 Å². The highest BCUT2D eigenvalue weighted by molar-refractivity contribution is 7.17. The first kappa shape index (κ1) is 10.5. The Morgan fingerprint density at radius 1 is 1.29 bits per heavy atom. The van der Waals surface area contributed by atoms with E-state index < -0.39 is 0 Å². The number of pyridine rings is 1. The summed E-state index contributed by atoms with van der Waals surface area (Å²) in [5, 5.41) is 1.20. The number of nitrogens with zero attached hydrogens (tertiary/aromatic N) is 2. The van der Waals surface area contributed by atoms with Gasteiger partial charge in [0, 0.05) is 5.39 Å². The monoisotopic (exact) mass is 243 g/mol. The summed E-state index contributed by atoms with van der Waals surface area (Å²) in [7, 11) is 0. The molecule has 2 aromatic heterocycles. The van der Waals surface area contributed by atoms with Crippen LogP contribution in [0.15, 0.2) is 23.7 Å². The van der Waals surface area contributed by atoms with Gasteiger partial charge in [-0.1, -0.05) is 26.0 Å². The minimum absolute atomic E-state index is 0.467. The van der Waals surface area contributed by atoms with Gasteiger partial charge in [-0.2, -0.15) is 0 Å². The number of fused-ring (bicyclic) bond motifs is 3. The molecule has 3 nitrogen and oxygen atoms in total. The van der Waals surface area contributed by atoms with Gasteiger partial charge in [0.15, 0.2) is 5.82 Å². The van der Waals surface area contributed by atoms with Crippen LogP contribution in [0.2, 0.25) is 0 Å². The molecule has 0 amide bonds. The van der Waals surface area contributed by atoms with Crippen LogP contribution in [0.5, 0.6) is 0 Å². The zero-order valence-electron chi connectivity index (χ0n) is 9.77. The van der Waals surface area contributed by atoms with Gasteiger partial charge >= 0.3 is 0 Å². The molecule has 0 aliphatic rings. The number of nitrogen functional groups attached to an aromatic ring is 1. The molecule has 0 spiro atoms. The lowest BCUT2D eigenvalue weighted by Crippen LogP contribution is -1.96. The maximum Gasteiger partial charge on any atom is 0.151 e. The summed E-state index contributed by atoms with van der Waals surface area (Å²) < 4.78 is 1.15. The molecular weight excluding hydrogens is 230 g/mol. The predicted molar refractivity (Wildman–Crippen MR) is 73.4 cm³/mol. The Kier molecular flexibility index (Phi) is 2.26. The average molecular weight is 243 g/mol. The van der Waals surface area contributed by atoms with E-state index in [0.717, 1.165) is 15.7 Å². The summed E-state index contributed by atoms with van der Waals surface area (Å²) in [6, 6.07) is 6.21. The van der Waals surface area contributed by atoms with Crippen molar-refractivity contribution in [1.82, 2.24) is 9.97 Å². The Balaban J connectivity index is 2.57. The van der Waals surface area contributed by atoms with E-state index in [-0.39, 0.29) is 0 Å². The first-order chi connectivity index (χ1) is 8.18. The number of anilines is 1. The topological polar surface area (TPSA) is 51.8 Å². The second-order valence-corrected chi connectivity index (χ2v) is 5.28. The first-order valence-electron chi connectivity index (χ1n) is 5.59. The Morgan fingerprint density at radius 2 is 2.12 bits per heavy atom. The largest absolute Gasteiger partial charge is 0.382 e. The molecule has 0 unspecified atom stereocenters. The van der Waals surface area contributed by atoms with Crippen molar-refractivity contribution >= 4 is 38.3 Å². The molecule has 17 heavy (non-hydrogen) atoms. The highest BCUT2D eigenvalue weighted by Gasteiger charge is 2.13. The van der Waals surface area contributed by atoms with Crippen LogP contribution in [0.3, 0.4) is 0 Å². The van der Waals surface area contributed by atoms with Gasteiger partial charge in [-0.25, -0.2) is 9.97 Å². The van der Waals surface area contributed by atoms with E-state index >= 15 is 0 Å². The summed E-state index contributed by atoms with van der Waals surface area (Å²) in [4.78, 5) is 8.74. The molecule has 2 N–H and O–H groups in total. The minimum Gasteiger partial charge on any atom is -0.382 e. The molecule has 0 aliphatic carbocycles. The van der Waals surface area contributed by atoms with Crippen molar-refractivity contribution in [2.45, 2.75) is 19.8 Å². The number of nitrogens with two attached hydrogens (primary N) is 1. The van der Waals surface area contributed by atoms with Crippen LogP contribution >= 0.6 is 11.3 Å². The fourth-order valence-corrected chi connectivity index (χ4v) is 3.04. The molecule has 3 aromatic rings. The Labute approximate surface area is 103 Å². The molecule has 4 heteroatoms. The van der Waals surface area contributed by atoms with Crippen LogP contribution in [0.1, 0.15) is 25.3 Å². The average Bonchev–Trinajstić information content (AvgIpc) is 2.77. The molecule has 2 heterocycles. The zero-order chi connectivity index (χ0) is 12.0. The molecule has 0 radical (unpaired) electrons. The summed E-state index contributed by atoms with van der Waals surface area (Å²) in [6.07, 6.45) is 0. The molecule has 0 atom stereocenters. The lowest BCUT2D eigenvalue weighted by molar-refractivity contribution is 0.877. The van der Waals surface area contributed by atoms with Crippen molar-refractivity contribution in [2.75, 3.05) is 5.73 Å². The van der Waals surface area contributed by atoms with E-state index in [1.807, 2.05) is 17.6 Å². The smallest absolute Gasteiger partial charge is 0.151 e. The fraction of sp³-hybridized carbons (Fsp3) is 0.231. The van der Waals surface area contributed by atoms with Crippen LogP contribution in [0, 0.1) is 0 Å². The molecule has 0 aliphatic heterocycles. The first-order valence-corrected chi connectivity index (χ1v) is 6.47. The fourth-order valence-electron chi connectivity index (χ4n) is 2.17. The van der Waals surface area contributed by atoms with Crippen LogP contribution in [0.25, 0.3) is 21.1 Å². The highest BCUT2D eigenvalue weighted by atomic mass is 32.1. The van der Waals surface area contributed by atoms with Gasteiger partial charge < -0.3 is 5.73 Å². The summed E-state index contributed by atoms with van der Waals surface area (Å²) in [5.74, 6) is 0.990.